The Morgan fingerprint density at radius 1 is 1.70 bits per heavy atom. The van der Waals surface area contributed by atoms with Crippen molar-refractivity contribution in [3.8, 4) is 0 Å². The van der Waals surface area contributed by atoms with E-state index in [0.717, 1.165) is 19.1 Å². The Kier molecular flexibility index (Phi) is 4.37. The number of carbonyl (C=O) groups is 1. The van der Waals surface area contributed by atoms with E-state index in [9.17, 15) is 4.79 Å². The Bertz CT molecular complexity index is 112. The number of rotatable bonds is 5. The van der Waals surface area contributed by atoms with E-state index in [1.165, 1.54) is 0 Å². The zero-order valence-electron chi connectivity index (χ0n) is 6.27. The van der Waals surface area contributed by atoms with Gasteiger partial charge >= 0.3 is 0 Å². The molecule has 1 unspecified atom stereocenters. The molecule has 0 saturated heterocycles. The van der Waals surface area contributed by atoms with Gasteiger partial charge in [0.2, 0.25) is 0 Å². The number of halogens is 1. The highest BCUT2D eigenvalue weighted by molar-refractivity contribution is 6.17. The Balaban J connectivity index is 3.80. The number of allylic oxidation sites excluding steroid dienone is 1. The number of aldehydes is 1. The smallest absolute Gasteiger partial charge is 0.129 e. The van der Waals surface area contributed by atoms with E-state index >= 15 is 0 Å². The maximum atomic E-state index is 10.4. The van der Waals surface area contributed by atoms with Crippen LogP contribution in [0.15, 0.2) is 12.7 Å². The molecule has 2 heteroatoms. The van der Waals surface area contributed by atoms with E-state index in [-0.39, 0.29) is 5.41 Å². The minimum atomic E-state index is -0.366. The highest BCUT2D eigenvalue weighted by Crippen LogP contribution is 2.21. The van der Waals surface area contributed by atoms with Gasteiger partial charge in [0.15, 0.2) is 0 Å². The minimum Gasteiger partial charge on any atom is -0.302 e. The molecule has 0 aliphatic rings. The summed E-state index contributed by atoms with van der Waals surface area (Å²) in [5.74, 6) is 0.608. The van der Waals surface area contributed by atoms with Gasteiger partial charge in [-0.25, -0.2) is 0 Å². The number of hydrogen-bond donors (Lipinski definition) is 0. The largest absolute Gasteiger partial charge is 0.302 e. The van der Waals surface area contributed by atoms with E-state index in [0.29, 0.717) is 5.88 Å². The van der Waals surface area contributed by atoms with Gasteiger partial charge in [0.1, 0.15) is 6.29 Å². The van der Waals surface area contributed by atoms with Crippen molar-refractivity contribution in [2.24, 2.45) is 5.41 Å². The Labute approximate surface area is 67.1 Å². The summed E-state index contributed by atoms with van der Waals surface area (Å²) in [6, 6.07) is 0. The van der Waals surface area contributed by atoms with Gasteiger partial charge in [-0.15, -0.1) is 18.2 Å². The van der Waals surface area contributed by atoms with Crippen molar-refractivity contribution >= 4 is 17.9 Å². The molecule has 0 aliphatic heterocycles. The molecule has 10 heavy (non-hydrogen) atoms. The van der Waals surface area contributed by atoms with Crippen molar-refractivity contribution in [3.63, 3.8) is 0 Å². The monoisotopic (exact) mass is 160 g/mol. The van der Waals surface area contributed by atoms with Crippen molar-refractivity contribution in [2.45, 2.75) is 19.8 Å². The fraction of sp³-hybridized carbons (Fsp3) is 0.625. The molecule has 0 heterocycles. The summed E-state index contributed by atoms with van der Waals surface area (Å²) < 4.78 is 0. The zero-order chi connectivity index (χ0) is 8.04. The molecule has 0 fully saturated rings. The minimum absolute atomic E-state index is 0.366. The third-order valence-corrected chi connectivity index (χ3v) is 1.85. The van der Waals surface area contributed by atoms with E-state index in [1.807, 2.05) is 6.92 Å². The Morgan fingerprint density at radius 2 is 2.30 bits per heavy atom. The SMILES string of the molecule is C=CC(C)(C=O)CCCCl. The van der Waals surface area contributed by atoms with Crippen molar-refractivity contribution in [2.75, 3.05) is 5.88 Å². The molecule has 1 nitrogen and oxygen atoms in total. The first-order chi connectivity index (χ1) is 4.68. The molecule has 0 aliphatic carbocycles. The Hall–Kier alpha value is -0.300. The number of alkyl halides is 1. The summed E-state index contributed by atoms with van der Waals surface area (Å²) in [6.07, 6.45) is 4.26. The van der Waals surface area contributed by atoms with Crippen LogP contribution in [0.25, 0.3) is 0 Å². The van der Waals surface area contributed by atoms with Gasteiger partial charge in [0, 0.05) is 11.3 Å². The van der Waals surface area contributed by atoms with Crippen molar-refractivity contribution in [1.82, 2.24) is 0 Å². The average Bonchev–Trinajstić information content (AvgIpc) is 2.00. The Morgan fingerprint density at radius 3 is 2.60 bits per heavy atom. The normalized spacial score (nSPS) is 15.8. The maximum Gasteiger partial charge on any atom is 0.129 e. The summed E-state index contributed by atoms with van der Waals surface area (Å²) in [7, 11) is 0. The molecule has 0 rings (SSSR count). The zero-order valence-corrected chi connectivity index (χ0v) is 7.03. The summed E-state index contributed by atoms with van der Waals surface area (Å²) >= 11 is 5.47. The van der Waals surface area contributed by atoms with Crippen LogP contribution in [0.4, 0.5) is 0 Å². The van der Waals surface area contributed by atoms with Gasteiger partial charge in [0.25, 0.3) is 0 Å². The third kappa shape index (κ3) is 3.02. The van der Waals surface area contributed by atoms with Gasteiger partial charge in [0.05, 0.1) is 0 Å². The number of carbonyl (C=O) groups excluding carboxylic acids is 1. The van der Waals surface area contributed by atoms with Crippen LogP contribution >= 0.6 is 11.6 Å². The van der Waals surface area contributed by atoms with Crippen LogP contribution in [0.1, 0.15) is 19.8 Å². The van der Waals surface area contributed by atoms with Crippen molar-refractivity contribution in [3.05, 3.63) is 12.7 Å². The van der Waals surface area contributed by atoms with Crippen molar-refractivity contribution < 1.29 is 4.79 Å². The van der Waals surface area contributed by atoms with Gasteiger partial charge in [-0.2, -0.15) is 0 Å². The third-order valence-electron chi connectivity index (χ3n) is 1.58. The first kappa shape index (κ1) is 9.70. The molecular formula is C8H13ClO. The molecule has 0 amide bonds. The highest BCUT2D eigenvalue weighted by Gasteiger charge is 2.17. The average molecular weight is 161 g/mol. The first-order valence-corrected chi connectivity index (χ1v) is 3.88. The molecule has 0 N–H and O–H groups in total. The van der Waals surface area contributed by atoms with Crippen LogP contribution in [0.5, 0.6) is 0 Å². The topological polar surface area (TPSA) is 17.1 Å². The fourth-order valence-electron chi connectivity index (χ4n) is 0.657. The molecule has 0 spiro atoms. The molecule has 0 bridgehead atoms. The fourth-order valence-corrected chi connectivity index (χ4v) is 0.790. The lowest BCUT2D eigenvalue weighted by Crippen LogP contribution is -2.14. The van der Waals surface area contributed by atoms with E-state index in [2.05, 4.69) is 6.58 Å². The number of hydrogen-bond acceptors (Lipinski definition) is 1. The van der Waals surface area contributed by atoms with Gasteiger partial charge in [-0.1, -0.05) is 6.08 Å². The predicted molar refractivity (Wildman–Crippen MR) is 44.3 cm³/mol. The lowest BCUT2D eigenvalue weighted by Gasteiger charge is -2.16. The lowest BCUT2D eigenvalue weighted by molar-refractivity contribution is -0.113. The van der Waals surface area contributed by atoms with Crippen molar-refractivity contribution in [1.29, 1.82) is 0 Å². The van der Waals surface area contributed by atoms with Gasteiger partial charge in [-0.05, 0) is 19.8 Å². The van der Waals surface area contributed by atoms with Crippen LogP contribution in [0.2, 0.25) is 0 Å². The molecule has 0 radical (unpaired) electrons. The molecule has 0 aromatic rings. The van der Waals surface area contributed by atoms with Gasteiger partial charge in [-0.3, -0.25) is 0 Å². The summed E-state index contributed by atoms with van der Waals surface area (Å²) in [6.45, 7) is 5.44. The van der Waals surface area contributed by atoms with Crippen LogP contribution in [0, 0.1) is 5.41 Å². The molecule has 58 valence electrons. The van der Waals surface area contributed by atoms with Crippen LogP contribution < -0.4 is 0 Å². The van der Waals surface area contributed by atoms with Crippen LogP contribution in [0.3, 0.4) is 0 Å². The summed E-state index contributed by atoms with van der Waals surface area (Å²) in [5, 5.41) is 0. The second-order valence-corrected chi connectivity index (χ2v) is 3.00. The standard InChI is InChI=1S/C8H13ClO/c1-3-8(2,7-10)5-4-6-9/h3,7H,1,4-6H2,2H3. The van der Waals surface area contributed by atoms with E-state index in [4.69, 9.17) is 11.6 Å². The highest BCUT2D eigenvalue weighted by atomic mass is 35.5. The molecule has 0 aromatic heterocycles. The predicted octanol–water partition coefficient (Wildman–Crippen LogP) is 2.40. The second kappa shape index (κ2) is 4.51. The second-order valence-electron chi connectivity index (χ2n) is 2.62. The van der Waals surface area contributed by atoms with Gasteiger partial charge < -0.3 is 4.79 Å². The van der Waals surface area contributed by atoms with Crippen LogP contribution in [-0.4, -0.2) is 12.2 Å². The van der Waals surface area contributed by atoms with E-state index in [1.54, 1.807) is 6.08 Å². The lowest BCUT2D eigenvalue weighted by atomic mass is 9.88. The van der Waals surface area contributed by atoms with E-state index < -0.39 is 0 Å². The molecule has 0 saturated carbocycles. The molecule has 0 aromatic carbocycles. The van der Waals surface area contributed by atoms with Crippen LogP contribution in [-0.2, 0) is 4.79 Å². The molecule has 1 atom stereocenters. The quantitative estimate of drug-likeness (QED) is 0.343. The maximum absolute atomic E-state index is 10.4. The summed E-state index contributed by atoms with van der Waals surface area (Å²) in [5.41, 5.74) is -0.366. The summed E-state index contributed by atoms with van der Waals surface area (Å²) in [4.78, 5) is 10.4. The first-order valence-electron chi connectivity index (χ1n) is 3.34. The molecular weight excluding hydrogens is 148 g/mol.